The first kappa shape index (κ1) is 19.5. The van der Waals surface area contributed by atoms with Crippen molar-refractivity contribution in [3.05, 3.63) is 53.5 Å². The number of fused-ring (bicyclic) bond motifs is 1. The van der Waals surface area contributed by atoms with Crippen LogP contribution >= 0.6 is 0 Å². The number of carbonyl (C=O) groups is 2. The third-order valence-corrected chi connectivity index (χ3v) is 4.20. The Morgan fingerprint density at radius 3 is 2.86 bits per heavy atom. The molecule has 1 aromatic carbocycles. The summed E-state index contributed by atoms with van der Waals surface area (Å²) in [5.41, 5.74) is 1.90. The molecule has 148 valence electrons. The van der Waals surface area contributed by atoms with Crippen LogP contribution in [0.5, 0.6) is 11.5 Å². The summed E-state index contributed by atoms with van der Waals surface area (Å²) in [7, 11) is 0. The van der Waals surface area contributed by atoms with Crippen molar-refractivity contribution in [1.82, 2.24) is 10.6 Å². The number of nitrogens with one attached hydrogen (secondary N) is 2. The van der Waals surface area contributed by atoms with Crippen LogP contribution in [0, 0.1) is 0 Å². The molecule has 1 unspecified atom stereocenters. The molecule has 0 saturated carbocycles. The van der Waals surface area contributed by atoms with Gasteiger partial charge in [0.1, 0.15) is 17.6 Å². The molecule has 2 aromatic rings. The number of furan rings is 1. The highest BCUT2D eigenvalue weighted by atomic mass is 16.5. The van der Waals surface area contributed by atoms with Crippen LogP contribution in [0.15, 0.2) is 41.0 Å². The van der Waals surface area contributed by atoms with Gasteiger partial charge >= 0.3 is 0 Å². The summed E-state index contributed by atoms with van der Waals surface area (Å²) in [6, 6.07) is 7.09. The average molecular weight is 384 g/mol. The molecule has 2 N–H and O–H groups in total. The molecule has 7 heteroatoms. The van der Waals surface area contributed by atoms with E-state index < -0.39 is 0 Å². The van der Waals surface area contributed by atoms with Crippen molar-refractivity contribution in [3.63, 3.8) is 0 Å². The Labute approximate surface area is 163 Å². The van der Waals surface area contributed by atoms with Crippen molar-refractivity contribution in [3.8, 4) is 11.5 Å². The standard InChI is InChI=1S/C21H24N2O5/c1-3-26-18-13-16-11-14(2)28-19(16)12-15(18)6-7-20(24)22-8-9-23-21(25)17-5-4-10-27-17/h4-7,10,12-14H,3,8-9,11H2,1-2H3,(H,22,24)(H,23,25)/b7-6+. The van der Waals surface area contributed by atoms with Crippen molar-refractivity contribution in [1.29, 1.82) is 0 Å². The second-order valence-electron chi connectivity index (χ2n) is 6.42. The lowest BCUT2D eigenvalue weighted by Crippen LogP contribution is -2.33. The highest BCUT2D eigenvalue weighted by molar-refractivity contribution is 5.93. The van der Waals surface area contributed by atoms with E-state index in [1.54, 1.807) is 18.2 Å². The summed E-state index contributed by atoms with van der Waals surface area (Å²) in [6.07, 6.45) is 5.57. The molecule has 28 heavy (non-hydrogen) atoms. The van der Waals surface area contributed by atoms with Crippen molar-refractivity contribution in [2.75, 3.05) is 19.7 Å². The highest BCUT2D eigenvalue weighted by Crippen LogP contribution is 2.35. The Hall–Kier alpha value is -3.22. The molecular weight excluding hydrogens is 360 g/mol. The maximum Gasteiger partial charge on any atom is 0.287 e. The van der Waals surface area contributed by atoms with Gasteiger partial charge in [0.2, 0.25) is 5.91 Å². The van der Waals surface area contributed by atoms with Crippen LogP contribution in [0.4, 0.5) is 0 Å². The SMILES string of the molecule is CCOc1cc2c(cc1/C=C/C(=O)NCCNC(=O)c1ccco1)OC(C)C2. The van der Waals surface area contributed by atoms with Crippen molar-refractivity contribution >= 4 is 17.9 Å². The topological polar surface area (TPSA) is 89.8 Å². The van der Waals surface area contributed by atoms with Crippen LogP contribution < -0.4 is 20.1 Å². The molecule has 0 bridgehead atoms. The minimum atomic E-state index is -0.316. The second kappa shape index (κ2) is 9.12. The van der Waals surface area contributed by atoms with Crippen molar-refractivity contribution in [2.45, 2.75) is 26.4 Å². The molecule has 1 atom stereocenters. The molecule has 0 fully saturated rings. The van der Waals surface area contributed by atoms with Gasteiger partial charge in [-0.15, -0.1) is 0 Å². The second-order valence-corrected chi connectivity index (χ2v) is 6.42. The Morgan fingerprint density at radius 2 is 2.11 bits per heavy atom. The van der Waals surface area contributed by atoms with E-state index in [0.717, 1.165) is 29.0 Å². The summed E-state index contributed by atoms with van der Waals surface area (Å²) < 4.78 is 16.5. The molecule has 0 radical (unpaired) electrons. The van der Waals surface area contributed by atoms with Crippen molar-refractivity contribution < 1.29 is 23.5 Å². The Kier molecular flexibility index (Phi) is 6.37. The first-order valence-electron chi connectivity index (χ1n) is 9.30. The average Bonchev–Trinajstić information content (AvgIpc) is 3.32. The number of benzene rings is 1. The maximum absolute atomic E-state index is 12.0. The molecule has 0 aliphatic carbocycles. The van der Waals surface area contributed by atoms with E-state index in [1.165, 1.54) is 12.3 Å². The fraction of sp³-hybridized carbons (Fsp3) is 0.333. The number of hydrogen-bond acceptors (Lipinski definition) is 5. The van der Waals surface area contributed by atoms with E-state index in [1.807, 2.05) is 26.0 Å². The number of rotatable bonds is 8. The first-order valence-corrected chi connectivity index (χ1v) is 9.30. The highest BCUT2D eigenvalue weighted by Gasteiger charge is 2.21. The molecule has 1 aliphatic rings. The maximum atomic E-state index is 12.0. The molecule has 0 spiro atoms. The summed E-state index contributed by atoms with van der Waals surface area (Å²) in [4.78, 5) is 23.8. The fourth-order valence-electron chi connectivity index (χ4n) is 2.95. The van der Waals surface area contributed by atoms with Crippen LogP contribution in [0.3, 0.4) is 0 Å². The van der Waals surface area contributed by atoms with E-state index in [-0.39, 0.29) is 23.7 Å². The predicted octanol–water partition coefficient (Wildman–Crippen LogP) is 2.56. The molecule has 0 saturated heterocycles. The summed E-state index contributed by atoms with van der Waals surface area (Å²) in [6.45, 7) is 5.09. The molecule has 1 aromatic heterocycles. The van der Waals surface area contributed by atoms with Crippen LogP contribution in [0.1, 0.15) is 35.5 Å². The Balaban J connectivity index is 1.52. The largest absolute Gasteiger partial charge is 0.493 e. The van der Waals surface area contributed by atoms with Gasteiger partial charge in [-0.25, -0.2) is 0 Å². The molecule has 3 rings (SSSR count). The number of carbonyl (C=O) groups excluding carboxylic acids is 2. The number of hydrogen-bond donors (Lipinski definition) is 2. The fourth-order valence-corrected chi connectivity index (χ4v) is 2.95. The van der Waals surface area contributed by atoms with Gasteiger partial charge < -0.3 is 24.5 Å². The molecule has 2 heterocycles. The van der Waals surface area contributed by atoms with Crippen LogP contribution in [0.25, 0.3) is 6.08 Å². The zero-order valence-electron chi connectivity index (χ0n) is 16.0. The third-order valence-electron chi connectivity index (χ3n) is 4.20. The van der Waals surface area contributed by atoms with E-state index in [0.29, 0.717) is 19.7 Å². The van der Waals surface area contributed by atoms with Gasteiger partial charge in [0.05, 0.1) is 12.9 Å². The number of ether oxygens (including phenoxy) is 2. The first-order chi connectivity index (χ1) is 13.6. The molecule has 2 amide bonds. The Bertz CT molecular complexity index is 858. The quantitative estimate of drug-likeness (QED) is 0.539. The number of amides is 2. The van der Waals surface area contributed by atoms with E-state index in [9.17, 15) is 9.59 Å². The van der Waals surface area contributed by atoms with Gasteiger partial charge in [-0.2, -0.15) is 0 Å². The summed E-state index contributed by atoms with van der Waals surface area (Å²) in [5, 5.41) is 5.39. The van der Waals surface area contributed by atoms with Crippen LogP contribution in [-0.2, 0) is 11.2 Å². The molecule has 1 aliphatic heterocycles. The van der Waals surface area contributed by atoms with Gasteiger partial charge in [0.15, 0.2) is 5.76 Å². The van der Waals surface area contributed by atoms with Gasteiger partial charge in [0, 0.05) is 36.7 Å². The normalized spacial score (nSPS) is 15.1. The van der Waals surface area contributed by atoms with Gasteiger partial charge in [-0.1, -0.05) is 0 Å². The minimum Gasteiger partial charge on any atom is -0.493 e. The van der Waals surface area contributed by atoms with Crippen molar-refractivity contribution in [2.24, 2.45) is 0 Å². The molecular formula is C21H24N2O5. The lowest BCUT2D eigenvalue weighted by molar-refractivity contribution is -0.116. The smallest absolute Gasteiger partial charge is 0.287 e. The predicted molar refractivity (Wildman–Crippen MR) is 104 cm³/mol. The zero-order valence-corrected chi connectivity index (χ0v) is 16.0. The van der Waals surface area contributed by atoms with Crippen LogP contribution in [-0.4, -0.2) is 37.6 Å². The zero-order chi connectivity index (χ0) is 19.9. The third kappa shape index (κ3) is 4.94. The summed E-state index contributed by atoms with van der Waals surface area (Å²) >= 11 is 0. The Morgan fingerprint density at radius 1 is 1.29 bits per heavy atom. The van der Waals surface area contributed by atoms with E-state index >= 15 is 0 Å². The lowest BCUT2D eigenvalue weighted by Gasteiger charge is -2.10. The summed E-state index contributed by atoms with van der Waals surface area (Å²) in [5.74, 6) is 1.22. The van der Waals surface area contributed by atoms with Gasteiger partial charge in [-0.05, 0) is 44.2 Å². The van der Waals surface area contributed by atoms with Gasteiger partial charge in [-0.3, -0.25) is 9.59 Å². The van der Waals surface area contributed by atoms with Gasteiger partial charge in [0.25, 0.3) is 5.91 Å². The monoisotopic (exact) mass is 384 g/mol. The lowest BCUT2D eigenvalue weighted by atomic mass is 10.1. The van der Waals surface area contributed by atoms with E-state index in [4.69, 9.17) is 13.9 Å². The van der Waals surface area contributed by atoms with E-state index in [2.05, 4.69) is 10.6 Å². The molecule has 7 nitrogen and oxygen atoms in total. The van der Waals surface area contributed by atoms with Crippen LogP contribution in [0.2, 0.25) is 0 Å². The minimum absolute atomic E-state index is 0.142.